The molecule has 0 saturated carbocycles. The summed E-state index contributed by atoms with van der Waals surface area (Å²) in [5.41, 5.74) is 2.41. The van der Waals surface area contributed by atoms with Crippen molar-refractivity contribution in [3.63, 3.8) is 0 Å². The maximum Gasteiger partial charge on any atom is 0.0909 e. The van der Waals surface area contributed by atoms with Crippen LogP contribution in [0.4, 0.5) is 0 Å². The summed E-state index contributed by atoms with van der Waals surface area (Å²) in [6, 6.07) is 10.2. The zero-order valence-electron chi connectivity index (χ0n) is 13.4. The Morgan fingerprint density at radius 1 is 1.23 bits per heavy atom. The van der Waals surface area contributed by atoms with Crippen molar-refractivity contribution in [1.29, 1.82) is 0 Å². The predicted octanol–water partition coefficient (Wildman–Crippen LogP) is 3.03. The first kappa shape index (κ1) is 16.5. The Labute approximate surface area is 133 Å². The van der Waals surface area contributed by atoms with Crippen LogP contribution in [0.3, 0.4) is 0 Å². The highest BCUT2D eigenvalue weighted by atomic mass is 16.3. The van der Waals surface area contributed by atoms with Gasteiger partial charge in [-0.3, -0.25) is 0 Å². The van der Waals surface area contributed by atoms with Crippen LogP contribution < -0.4 is 5.32 Å². The van der Waals surface area contributed by atoms with Crippen LogP contribution in [0.15, 0.2) is 66.4 Å². The molecule has 2 atom stereocenters. The first-order valence-corrected chi connectivity index (χ1v) is 7.85. The van der Waals surface area contributed by atoms with Crippen LogP contribution in [0, 0.1) is 0 Å². The normalized spacial score (nSPS) is 23.4. The molecule has 2 rings (SSSR count). The molecule has 0 bridgehead atoms. The zero-order valence-corrected chi connectivity index (χ0v) is 13.4. The van der Waals surface area contributed by atoms with Crippen molar-refractivity contribution in [2.45, 2.75) is 25.5 Å². The standard InChI is InChI=1S/C19H26N2O/c1-16-9-6-7-13-21(14-8-10-16)19(18(22)15-20-2)17-11-4-3-5-12-17/h3-5,7-13,18-20,22H,6,14-15H2,1-2H3/b10-8-,13-7-,16-9-/t18-,19+/m1/s1. The lowest BCUT2D eigenvalue weighted by Gasteiger charge is -2.34. The fourth-order valence-corrected chi connectivity index (χ4v) is 2.75. The smallest absolute Gasteiger partial charge is 0.0909 e. The van der Waals surface area contributed by atoms with Crippen molar-refractivity contribution in [3.05, 3.63) is 72.0 Å². The summed E-state index contributed by atoms with van der Waals surface area (Å²) >= 11 is 0. The number of nitrogens with one attached hydrogen (secondary N) is 1. The molecule has 1 aliphatic heterocycles. The molecule has 1 aromatic carbocycles. The number of hydrogen-bond donors (Lipinski definition) is 2. The van der Waals surface area contributed by atoms with Crippen LogP contribution >= 0.6 is 0 Å². The fourth-order valence-electron chi connectivity index (χ4n) is 2.75. The van der Waals surface area contributed by atoms with E-state index in [0.717, 1.165) is 18.5 Å². The number of aliphatic hydroxyl groups excluding tert-OH is 1. The van der Waals surface area contributed by atoms with Crippen molar-refractivity contribution in [2.75, 3.05) is 20.1 Å². The first-order valence-electron chi connectivity index (χ1n) is 7.85. The average Bonchev–Trinajstić information content (AvgIpc) is 2.62. The fraction of sp³-hybridized carbons (Fsp3) is 0.368. The molecule has 3 heteroatoms. The van der Waals surface area contributed by atoms with E-state index in [1.807, 2.05) is 25.2 Å². The van der Waals surface area contributed by atoms with E-state index in [1.54, 1.807) is 0 Å². The zero-order chi connectivity index (χ0) is 15.8. The lowest BCUT2D eigenvalue weighted by molar-refractivity contribution is 0.0795. The Hall–Kier alpha value is -1.84. The molecule has 1 aliphatic rings. The topological polar surface area (TPSA) is 35.5 Å². The lowest BCUT2D eigenvalue weighted by Crippen LogP contribution is -2.38. The Bertz CT molecular complexity index is 534. The Balaban J connectivity index is 2.27. The van der Waals surface area contributed by atoms with Gasteiger partial charge in [-0.15, -0.1) is 0 Å². The van der Waals surface area contributed by atoms with Gasteiger partial charge in [0, 0.05) is 13.1 Å². The summed E-state index contributed by atoms with van der Waals surface area (Å²) in [6.45, 7) is 3.46. The van der Waals surface area contributed by atoms with Crippen LogP contribution in [0.2, 0.25) is 0 Å². The monoisotopic (exact) mass is 298 g/mol. The number of benzene rings is 1. The second-order valence-electron chi connectivity index (χ2n) is 5.65. The molecule has 0 aromatic heterocycles. The maximum atomic E-state index is 10.6. The first-order chi connectivity index (χ1) is 10.7. The summed E-state index contributed by atoms with van der Waals surface area (Å²) in [5, 5.41) is 13.7. The molecule has 2 N–H and O–H groups in total. The summed E-state index contributed by atoms with van der Waals surface area (Å²) < 4.78 is 0. The summed E-state index contributed by atoms with van der Waals surface area (Å²) in [4.78, 5) is 2.21. The molecule has 0 spiro atoms. The second-order valence-corrected chi connectivity index (χ2v) is 5.65. The van der Waals surface area contributed by atoms with Gasteiger partial charge in [0.25, 0.3) is 0 Å². The van der Waals surface area contributed by atoms with E-state index in [4.69, 9.17) is 0 Å². The van der Waals surface area contributed by atoms with E-state index in [-0.39, 0.29) is 6.04 Å². The van der Waals surface area contributed by atoms with E-state index in [0.29, 0.717) is 6.54 Å². The highest BCUT2D eigenvalue weighted by molar-refractivity contribution is 5.23. The molecular weight excluding hydrogens is 272 g/mol. The molecule has 1 heterocycles. The van der Waals surface area contributed by atoms with Crippen molar-refractivity contribution >= 4 is 0 Å². The number of nitrogens with zero attached hydrogens (tertiary/aromatic N) is 1. The summed E-state index contributed by atoms with van der Waals surface area (Å²) in [5.74, 6) is 0. The molecule has 1 aromatic rings. The molecule has 0 fully saturated rings. The predicted molar refractivity (Wildman–Crippen MR) is 92.5 cm³/mol. The Kier molecular flexibility index (Phi) is 6.44. The SMILES string of the molecule is CNC[C@@H](O)[C@H](c1ccccc1)N1/C=C\C/C=C(C)\C=C/C1. The molecule has 0 aliphatic carbocycles. The molecule has 3 nitrogen and oxygen atoms in total. The van der Waals surface area contributed by atoms with Gasteiger partial charge in [-0.1, -0.05) is 60.2 Å². The number of aliphatic hydroxyl groups is 1. The van der Waals surface area contributed by atoms with Crippen molar-refractivity contribution in [1.82, 2.24) is 10.2 Å². The van der Waals surface area contributed by atoms with Gasteiger partial charge < -0.3 is 15.3 Å². The van der Waals surface area contributed by atoms with Crippen LogP contribution in [-0.2, 0) is 0 Å². The number of hydrogen-bond acceptors (Lipinski definition) is 3. The number of allylic oxidation sites excluding steroid dienone is 4. The summed E-state index contributed by atoms with van der Waals surface area (Å²) in [7, 11) is 1.87. The third kappa shape index (κ3) is 4.58. The van der Waals surface area contributed by atoms with Gasteiger partial charge in [-0.05, 0) is 32.2 Å². The van der Waals surface area contributed by atoms with E-state index in [1.165, 1.54) is 5.57 Å². The van der Waals surface area contributed by atoms with Crippen LogP contribution in [-0.4, -0.2) is 36.2 Å². The van der Waals surface area contributed by atoms with Crippen molar-refractivity contribution in [3.8, 4) is 0 Å². The molecule has 0 radical (unpaired) electrons. The minimum absolute atomic E-state index is 0.0621. The third-order valence-electron chi connectivity index (χ3n) is 3.85. The minimum Gasteiger partial charge on any atom is -0.389 e. The minimum atomic E-state index is -0.472. The highest BCUT2D eigenvalue weighted by Gasteiger charge is 2.24. The summed E-state index contributed by atoms with van der Waals surface area (Å²) in [6.07, 6.45) is 11.2. The van der Waals surface area contributed by atoms with Gasteiger partial charge in [-0.2, -0.15) is 0 Å². The number of likely N-dealkylation sites (N-methyl/N-ethyl adjacent to an activating group) is 1. The van der Waals surface area contributed by atoms with E-state index in [2.05, 4.69) is 59.8 Å². The van der Waals surface area contributed by atoms with Crippen LogP contribution in [0.25, 0.3) is 0 Å². The van der Waals surface area contributed by atoms with Gasteiger partial charge >= 0.3 is 0 Å². The molecular formula is C19H26N2O. The van der Waals surface area contributed by atoms with Gasteiger partial charge in [-0.25, -0.2) is 0 Å². The maximum absolute atomic E-state index is 10.6. The van der Waals surface area contributed by atoms with Gasteiger partial charge in [0.1, 0.15) is 0 Å². The van der Waals surface area contributed by atoms with Crippen LogP contribution in [0.5, 0.6) is 0 Å². The highest BCUT2D eigenvalue weighted by Crippen LogP contribution is 2.25. The Morgan fingerprint density at radius 2 is 2.00 bits per heavy atom. The molecule has 22 heavy (non-hydrogen) atoms. The lowest BCUT2D eigenvalue weighted by atomic mass is 9.99. The molecule has 0 saturated heterocycles. The quantitative estimate of drug-likeness (QED) is 0.877. The molecule has 0 amide bonds. The van der Waals surface area contributed by atoms with Crippen molar-refractivity contribution in [2.24, 2.45) is 0 Å². The van der Waals surface area contributed by atoms with Gasteiger partial charge in [0.2, 0.25) is 0 Å². The second kappa shape index (κ2) is 8.57. The van der Waals surface area contributed by atoms with Crippen LogP contribution in [0.1, 0.15) is 24.9 Å². The van der Waals surface area contributed by atoms with Crippen molar-refractivity contribution < 1.29 is 5.11 Å². The third-order valence-corrected chi connectivity index (χ3v) is 3.85. The van der Waals surface area contributed by atoms with E-state index in [9.17, 15) is 5.11 Å². The van der Waals surface area contributed by atoms with E-state index >= 15 is 0 Å². The molecule has 0 unspecified atom stereocenters. The number of rotatable bonds is 5. The van der Waals surface area contributed by atoms with E-state index < -0.39 is 6.10 Å². The largest absolute Gasteiger partial charge is 0.389 e. The molecule has 118 valence electrons. The average molecular weight is 298 g/mol. The van der Waals surface area contributed by atoms with Gasteiger partial charge in [0.15, 0.2) is 0 Å². The Morgan fingerprint density at radius 3 is 2.73 bits per heavy atom. The van der Waals surface area contributed by atoms with Gasteiger partial charge in [0.05, 0.1) is 12.1 Å².